The van der Waals surface area contributed by atoms with Gasteiger partial charge in [0.15, 0.2) is 5.65 Å². The number of aromatic nitrogens is 3. The number of hydrogen-bond donors (Lipinski definition) is 1. The zero-order valence-electron chi connectivity index (χ0n) is 18.4. The van der Waals surface area contributed by atoms with Crippen molar-refractivity contribution in [3.8, 4) is 11.1 Å². The average molecular weight is 438 g/mol. The van der Waals surface area contributed by atoms with Crippen LogP contribution in [0.4, 0.5) is 0 Å². The first-order chi connectivity index (χ1) is 16.0. The Balaban J connectivity index is 1.59. The summed E-state index contributed by atoms with van der Waals surface area (Å²) >= 11 is 0. The molecule has 0 fully saturated rings. The van der Waals surface area contributed by atoms with Crippen molar-refractivity contribution in [2.24, 2.45) is 0 Å². The summed E-state index contributed by atoms with van der Waals surface area (Å²) < 4.78 is 1.44. The Morgan fingerprint density at radius 1 is 1.00 bits per heavy atom. The van der Waals surface area contributed by atoms with E-state index in [9.17, 15) is 9.59 Å². The van der Waals surface area contributed by atoms with E-state index < -0.39 is 0 Å². The van der Waals surface area contributed by atoms with Gasteiger partial charge in [-0.1, -0.05) is 24.3 Å². The number of rotatable bonds is 5. The maximum atomic E-state index is 13.3. The molecule has 0 saturated carbocycles. The summed E-state index contributed by atoms with van der Waals surface area (Å²) in [6, 6.07) is 19.0. The molecule has 7 nitrogen and oxygen atoms in total. The highest BCUT2D eigenvalue weighted by Crippen LogP contribution is 2.25. The molecule has 7 heteroatoms. The molecule has 0 unspecified atom stereocenters. The first-order valence-corrected chi connectivity index (χ1v) is 10.7. The van der Waals surface area contributed by atoms with Gasteiger partial charge in [-0.15, -0.1) is 0 Å². The SMILES string of the molecule is CN(C)CCNC(=O)c1cccn2c(=O)c3cc(-c4cnc5ccccc5c4)ccc3nc12. The topological polar surface area (TPSA) is 79.6 Å². The van der Waals surface area contributed by atoms with Gasteiger partial charge in [0, 0.05) is 36.4 Å². The van der Waals surface area contributed by atoms with Gasteiger partial charge in [0.1, 0.15) is 0 Å². The third-order valence-electron chi connectivity index (χ3n) is 5.65. The molecule has 5 aromatic rings. The van der Waals surface area contributed by atoms with Crippen LogP contribution >= 0.6 is 0 Å². The Labute approximate surface area is 190 Å². The lowest BCUT2D eigenvalue weighted by atomic mass is 10.0. The van der Waals surface area contributed by atoms with Gasteiger partial charge in [0.25, 0.3) is 11.5 Å². The fourth-order valence-electron chi connectivity index (χ4n) is 3.90. The molecule has 0 aliphatic heterocycles. The van der Waals surface area contributed by atoms with Crippen LogP contribution in [0.25, 0.3) is 38.6 Å². The van der Waals surface area contributed by atoms with Gasteiger partial charge in [0.05, 0.1) is 22.0 Å². The molecule has 3 heterocycles. The second-order valence-electron chi connectivity index (χ2n) is 8.24. The van der Waals surface area contributed by atoms with E-state index in [0.29, 0.717) is 28.7 Å². The zero-order chi connectivity index (χ0) is 22.9. The van der Waals surface area contributed by atoms with Crippen molar-refractivity contribution in [3.05, 3.63) is 89.0 Å². The molecule has 33 heavy (non-hydrogen) atoms. The predicted octanol–water partition coefficient (Wildman–Crippen LogP) is 3.35. The van der Waals surface area contributed by atoms with Gasteiger partial charge in [-0.05, 0) is 56.1 Å². The maximum Gasteiger partial charge on any atom is 0.265 e. The minimum Gasteiger partial charge on any atom is -0.351 e. The van der Waals surface area contributed by atoms with Crippen LogP contribution in [0.3, 0.4) is 0 Å². The number of carbonyl (C=O) groups is 1. The standard InChI is InChI=1S/C26H23N5O2/c1-30(2)13-11-27-25(32)20-7-5-12-31-24(20)29-23-10-9-17(15-21(23)26(31)33)19-14-18-6-3-4-8-22(18)28-16-19/h3-10,12,14-16H,11,13H2,1-2H3,(H,27,32). The van der Waals surface area contributed by atoms with Crippen LogP contribution < -0.4 is 10.9 Å². The van der Waals surface area contributed by atoms with Crippen LogP contribution in [-0.4, -0.2) is 52.4 Å². The smallest absolute Gasteiger partial charge is 0.265 e. The minimum atomic E-state index is -0.250. The van der Waals surface area contributed by atoms with Gasteiger partial charge in [-0.2, -0.15) is 0 Å². The van der Waals surface area contributed by atoms with Gasteiger partial charge in [0.2, 0.25) is 0 Å². The number of benzene rings is 2. The van der Waals surface area contributed by atoms with E-state index in [1.165, 1.54) is 4.40 Å². The van der Waals surface area contributed by atoms with Gasteiger partial charge in [-0.3, -0.25) is 19.0 Å². The summed E-state index contributed by atoms with van der Waals surface area (Å²) in [5.74, 6) is -0.250. The quantitative estimate of drug-likeness (QED) is 0.427. The number of amides is 1. The van der Waals surface area contributed by atoms with Crippen LogP contribution in [-0.2, 0) is 0 Å². The summed E-state index contributed by atoms with van der Waals surface area (Å²) in [5, 5.41) is 4.42. The Morgan fingerprint density at radius 2 is 1.85 bits per heavy atom. The number of pyridine rings is 2. The van der Waals surface area contributed by atoms with Crippen molar-refractivity contribution >= 4 is 33.4 Å². The Bertz CT molecular complexity index is 1570. The lowest BCUT2D eigenvalue weighted by Crippen LogP contribution is -2.32. The number of nitrogens with zero attached hydrogens (tertiary/aromatic N) is 4. The van der Waals surface area contributed by atoms with E-state index in [-0.39, 0.29) is 11.5 Å². The molecule has 1 amide bonds. The number of hydrogen-bond acceptors (Lipinski definition) is 5. The largest absolute Gasteiger partial charge is 0.351 e. The van der Waals surface area contributed by atoms with Gasteiger partial charge in [-0.25, -0.2) is 4.98 Å². The molecular formula is C26H23N5O2. The highest BCUT2D eigenvalue weighted by atomic mass is 16.2. The van der Waals surface area contributed by atoms with Crippen LogP contribution in [0, 0.1) is 0 Å². The molecule has 0 aliphatic carbocycles. The van der Waals surface area contributed by atoms with Gasteiger partial charge >= 0.3 is 0 Å². The lowest BCUT2D eigenvalue weighted by Gasteiger charge is -2.12. The van der Waals surface area contributed by atoms with Crippen molar-refractivity contribution < 1.29 is 4.79 Å². The van der Waals surface area contributed by atoms with Crippen molar-refractivity contribution in [2.45, 2.75) is 0 Å². The number of likely N-dealkylation sites (N-methyl/N-ethyl adjacent to an activating group) is 1. The zero-order valence-corrected chi connectivity index (χ0v) is 18.4. The Kier molecular flexibility index (Phi) is 5.32. The van der Waals surface area contributed by atoms with E-state index in [1.54, 1.807) is 18.3 Å². The summed E-state index contributed by atoms with van der Waals surface area (Å²) in [6.45, 7) is 1.23. The fourth-order valence-corrected chi connectivity index (χ4v) is 3.90. The second kappa shape index (κ2) is 8.44. The molecule has 1 N–H and O–H groups in total. The summed E-state index contributed by atoms with van der Waals surface area (Å²) in [7, 11) is 3.89. The third kappa shape index (κ3) is 3.94. The lowest BCUT2D eigenvalue weighted by molar-refractivity contribution is 0.0952. The molecule has 0 atom stereocenters. The molecular weight excluding hydrogens is 414 g/mol. The van der Waals surface area contributed by atoms with E-state index in [0.717, 1.165) is 28.6 Å². The van der Waals surface area contributed by atoms with Crippen molar-refractivity contribution in [1.29, 1.82) is 0 Å². The normalized spacial score (nSPS) is 11.5. The van der Waals surface area contributed by atoms with Crippen molar-refractivity contribution in [3.63, 3.8) is 0 Å². The number of nitrogens with one attached hydrogen (secondary N) is 1. The first kappa shape index (κ1) is 20.8. The van der Waals surface area contributed by atoms with Crippen LogP contribution in [0.5, 0.6) is 0 Å². The van der Waals surface area contributed by atoms with Crippen molar-refractivity contribution in [2.75, 3.05) is 27.2 Å². The monoisotopic (exact) mass is 437 g/mol. The first-order valence-electron chi connectivity index (χ1n) is 10.7. The molecule has 0 spiro atoms. The molecule has 0 radical (unpaired) electrons. The minimum absolute atomic E-state index is 0.214. The third-order valence-corrected chi connectivity index (χ3v) is 5.65. The molecule has 2 aromatic carbocycles. The molecule has 164 valence electrons. The summed E-state index contributed by atoms with van der Waals surface area (Å²) in [5.41, 5.74) is 3.78. The molecule has 5 rings (SSSR count). The molecule has 0 bridgehead atoms. The summed E-state index contributed by atoms with van der Waals surface area (Å²) in [4.78, 5) is 37.3. The molecule has 3 aromatic heterocycles. The van der Waals surface area contributed by atoms with Crippen LogP contribution in [0.15, 0.2) is 77.9 Å². The highest BCUT2D eigenvalue weighted by Gasteiger charge is 2.15. The number of para-hydroxylation sites is 1. The molecule has 0 aliphatic rings. The maximum absolute atomic E-state index is 13.3. The second-order valence-corrected chi connectivity index (χ2v) is 8.24. The van der Waals surface area contributed by atoms with E-state index in [2.05, 4.69) is 21.4 Å². The van der Waals surface area contributed by atoms with Crippen molar-refractivity contribution in [1.82, 2.24) is 24.6 Å². The number of carbonyl (C=O) groups excluding carboxylic acids is 1. The average Bonchev–Trinajstić information content (AvgIpc) is 2.83. The Hall–Kier alpha value is -4.10. The number of fused-ring (bicyclic) bond motifs is 3. The van der Waals surface area contributed by atoms with E-state index in [1.807, 2.05) is 67.7 Å². The van der Waals surface area contributed by atoms with E-state index >= 15 is 0 Å². The highest BCUT2D eigenvalue weighted by molar-refractivity contribution is 6.00. The van der Waals surface area contributed by atoms with Crippen LogP contribution in [0.2, 0.25) is 0 Å². The van der Waals surface area contributed by atoms with Crippen LogP contribution in [0.1, 0.15) is 10.4 Å². The Morgan fingerprint density at radius 3 is 2.70 bits per heavy atom. The fraction of sp³-hybridized carbons (Fsp3) is 0.154. The summed E-state index contributed by atoms with van der Waals surface area (Å²) in [6.07, 6.45) is 3.46. The predicted molar refractivity (Wildman–Crippen MR) is 131 cm³/mol. The molecule has 0 saturated heterocycles. The van der Waals surface area contributed by atoms with E-state index in [4.69, 9.17) is 0 Å². The van der Waals surface area contributed by atoms with Gasteiger partial charge < -0.3 is 10.2 Å².